The van der Waals surface area contributed by atoms with E-state index in [9.17, 15) is 45.6 Å². The fourth-order valence-electron chi connectivity index (χ4n) is 9.33. The molecule has 70 heavy (non-hydrogen) atoms. The Morgan fingerprint density at radius 2 is 0.943 bits per heavy atom. The topological polar surface area (TPSA) is 228 Å². The molecule has 2 heterocycles. The van der Waals surface area contributed by atoms with Gasteiger partial charge in [-0.3, -0.25) is 4.79 Å². The van der Waals surface area contributed by atoms with Gasteiger partial charge >= 0.3 is 0 Å². The zero-order valence-electron chi connectivity index (χ0n) is 43.8. The molecular weight excluding hydrogens is 895 g/mol. The number of unbranched alkanes of at least 4 members (excludes halogenated alkanes) is 28. The second kappa shape index (κ2) is 42.6. The van der Waals surface area contributed by atoms with Crippen LogP contribution in [0.5, 0.6) is 0 Å². The summed E-state index contributed by atoms with van der Waals surface area (Å²) in [7, 11) is 0. The van der Waals surface area contributed by atoms with Crippen molar-refractivity contribution in [2.75, 3.05) is 19.8 Å². The normalized spacial score (nSPS) is 26.2. The lowest BCUT2D eigenvalue weighted by Gasteiger charge is -2.46. The minimum absolute atomic E-state index is 0.254. The molecule has 0 spiro atoms. The molecule has 0 saturated carbocycles. The van der Waals surface area contributed by atoms with Crippen molar-refractivity contribution in [2.45, 2.75) is 293 Å². The van der Waals surface area contributed by atoms with E-state index < -0.39 is 86.8 Å². The highest BCUT2D eigenvalue weighted by molar-refractivity contribution is 5.76. The van der Waals surface area contributed by atoms with Gasteiger partial charge in [0, 0.05) is 6.42 Å². The number of carbonyl (C=O) groups excluding carboxylic acids is 1. The summed E-state index contributed by atoms with van der Waals surface area (Å²) in [6, 6.07) is -0.933. The van der Waals surface area contributed by atoms with Gasteiger partial charge in [0.1, 0.15) is 48.8 Å². The largest absolute Gasteiger partial charge is 0.394 e. The molecule has 1 amide bonds. The summed E-state index contributed by atoms with van der Waals surface area (Å²) in [6.45, 7) is 2.54. The molecule has 2 fully saturated rings. The third-order valence-electron chi connectivity index (χ3n) is 13.9. The second-order valence-corrected chi connectivity index (χ2v) is 20.1. The van der Waals surface area contributed by atoms with E-state index in [1.54, 1.807) is 6.08 Å². The van der Waals surface area contributed by atoms with Gasteiger partial charge in [-0.25, -0.2) is 0 Å². The fraction of sp³-hybridized carbons (Fsp3) is 0.875. The molecule has 0 aromatic carbocycles. The van der Waals surface area contributed by atoms with Crippen molar-refractivity contribution >= 4 is 5.91 Å². The molecule has 410 valence electrons. The quantitative estimate of drug-likeness (QED) is 0.0206. The first kappa shape index (κ1) is 64.3. The van der Waals surface area contributed by atoms with Crippen molar-refractivity contribution in [2.24, 2.45) is 0 Å². The molecule has 2 saturated heterocycles. The van der Waals surface area contributed by atoms with Crippen molar-refractivity contribution in [3.8, 4) is 0 Å². The number of ether oxygens (including phenoxy) is 4. The van der Waals surface area contributed by atoms with E-state index >= 15 is 0 Å². The van der Waals surface area contributed by atoms with Gasteiger partial charge in [-0.15, -0.1) is 0 Å². The summed E-state index contributed by atoms with van der Waals surface area (Å²) in [4.78, 5) is 13.2. The highest BCUT2D eigenvalue weighted by atomic mass is 16.7. The smallest absolute Gasteiger partial charge is 0.220 e. The Bertz CT molecular complexity index is 1320. The first-order valence-corrected chi connectivity index (χ1v) is 28.2. The van der Waals surface area contributed by atoms with Crippen LogP contribution in [0.15, 0.2) is 36.5 Å². The first-order chi connectivity index (χ1) is 34.1. The van der Waals surface area contributed by atoms with E-state index in [1.807, 2.05) is 19.1 Å². The van der Waals surface area contributed by atoms with E-state index in [0.717, 1.165) is 38.5 Å². The fourth-order valence-corrected chi connectivity index (χ4v) is 9.33. The van der Waals surface area contributed by atoms with Gasteiger partial charge < -0.3 is 65.1 Å². The van der Waals surface area contributed by atoms with Crippen LogP contribution in [0, 0.1) is 0 Å². The van der Waals surface area contributed by atoms with Crippen molar-refractivity contribution in [1.82, 2.24) is 5.32 Å². The van der Waals surface area contributed by atoms with Gasteiger partial charge in [-0.2, -0.15) is 0 Å². The maximum Gasteiger partial charge on any atom is 0.220 e. The Labute approximate surface area is 423 Å². The van der Waals surface area contributed by atoms with Crippen molar-refractivity contribution in [3.05, 3.63) is 36.5 Å². The number of aliphatic hydroxyl groups excluding tert-OH is 8. The average molecular weight is 998 g/mol. The van der Waals surface area contributed by atoms with Gasteiger partial charge in [-0.05, 0) is 39.0 Å². The molecule has 0 bridgehead atoms. The molecule has 14 heteroatoms. The molecule has 2 rings (SSSR count). The summed E-state index contributed by atoms with van der Waals surface area (Å²) in [5.74, 6) is -0.254. The summed E-state index contributed by atoms with van der Waals surface area (Å²) < 4.78 is 22.6. The number of amides is 1. The van der Waals surface area contributed by atoms with Crippen LogP contribution in [0.25, 0.3) is 0 Å². The maximum absolute atomic E-state index is 13.2. The Hall–Kier alpha value is -1.79. The predicted octanol–water partition coefficient (Wildman–Crippen LogP) is 8.66. The van der Waals surface area contributed by atoms with Gasteiger partial charge in [0.2, 0.25) is 5.91 Å². The van der Waals surface area contributed by atoms with Gasteiger partial charge in [0.05, 0.1) is 32.0 Å². The molecule has 0 aromatic rings. The van der Waals surface area contributed by atoms with Gasteiger partial charge in [0.25, 0.3) is 0 Å². The lowest BCUT2D eigenvalue weighted by atomic mass is 9.97. The van der Waals surface area contributed by atoms with Crippen LogP contribution in [0.3, 0.4) is 0 Å². The van der Waals surface area contributed by atoms with Crippen LogP contribution in [-0.4, -0.2) is 140 Å². The van der Waals surface area contributed by atoms with Crippen LogP contribution in [0.4, 0.5) is 0 Å². The highest BCUT2D eigenvalue weighted by Gasteiger charge is 2.51. The molecule has 12 unspecified atom stereocenters. The third-order valence-corrected chi connectivity index (χ3v) is 13.9. The molecule has 2 aliphatic rings. The van der Waals surface area contributed by atoms with Crippen molar-refractivity contribution in [3.63, 3.8) is 0 Å². The van der Waals surface area contributed by atoms with E-state index in [1.165, 1.54) is 148 Å². The standard InChI is InChI=1S/C56H103NO13/c1-3-5-7-9-11-13-14-15-16-17-18-19-20-21-22-23-24-25-26-27-28-29-30-32-34-36-38-40-48(61)57-44(45(60)39-37-35-33-31-12-10-8-6-4-2)43-67-55-53(66)51(64)54(47(42-59)69-55)70-56-52(65)50(63)49(62)46(41-58)68-56/h4,6,12,31,37,39,44-47,49-56,58-60,62-66H,3,5,7-11,13-30,32-36,38,40-43H2,1-2H3,(H,57,61)/b6-4+,31-12+,39-37+. The lowest BCUT2D eigenvalue weighted by Crippen LogP contribution is -2.65. The highest BCUT2D eigenvalue weighted by Crippen LogP contribution is 2.30. The number of allylic oxidation sites excluding steroid dienone is 5. The average Bonchev–Trinajstić information content (AvgIpc) is 3.36. The molecule has 2 aliphatic heterocycles. The Morgan fingerprint density at radius 1 is 0.529 bits per heavy atom. The molecule has 0 aromatic heterocycles. The van der Waals surface area contributed by atoms with E-state index in [4.69, 9.17) is 18.9 Å². The lowest BCUT2D eigenvalue weighted by molar-refractivity contribution is -0.359. The molecule has 14 nitrogen and oxygen atoms in total. The number of hydrogen-bond donors (Lipinski definition) is 9. The Morgan fingerprint density at radius 3 is 1.40 bits per heavy atom. The van der Waals surface area contributed by atoms with Gasteiger partial charge in [0.15, 0.2) is 12.6 Å². The molecule has 12 atom stereocenters. The van der Waals surface area contributed by atoms with Crippen molar-refractivity contribution in [1.29, 1.82) is 0 Å². The number of aliphatic hydroxyl groups is 8. The molecular formula is C56H103NO13. The maximum atomic E-state index is 13.2. The summed E-state index contributed by atoms with van der Waals surface area (Å²) in [5.41, 5.74) is 0. The SMILES string of the molecule is C/C=C/CC/C=C/CC/C=C/C(O)C(COC1OC(CO)C(OC2OC(CO)C(O)C(O)C2O)C(O)C1O)NC(=O)CCCCCCCCCCCCCCCCCCCCCCCCCCCCC. The summed E-state index contributed by atoms with van der Waals surface area (Å²) in [6.07, 6.45) is 33.9. The minimum Gasteiger partial charge on any atom is -0.394 e. The summed E-state index contributed by atoms with van der Waals surface area (Å²) >= 11 is 0. The van der Waals surface area contributed by atoms with E-state index in [2.05, 4.69) is 30.5 Å². The zero-order chi connectivity index (χ0) is 51.0. The van der Waals surface area contributed by atoms with Crippen LogP contribution in [-0.2, 0) is 23.7 Å². The Balaban J connectivity index is 1.66. The van der Waals surface area contributed by atoms with Crippen LogP contribution in [0.1, 0.15) is 219 Å². The third kappa shape index (κ3) is 28.6. The van der Waals surface area contributed by atoms with Gasteiger partial charge in [-0.1, -0.05) is 210 Å². The zero-order valence-corrected chi connectivity index (χ0v) is 43.8. The number of nitrogens with one attached hydrogen (secondary N) is 1. The van der Waals surface area contributed by atoms with E-state index in [0.29, 0.717) is 12.8 Å². The number of hydrogen-bond acceptors (Lipinski definition) is 13. The predicted molar refractivity (Wildman–Crippen MR) is 277 cm³/mol. The molecule has 0 radical (unpaired) electrons. The van der Waals surface area contributed by atoms with E-state index in [-0.39, 0.29) is 18.9 Å². The monoisotopic (exact) mass is 998 g/mol. The van der Waals surface area contributed by atoms with Crippen LogP contribution < -0.4 is 5.32 Å². The van der Waals surface area contributed by atoms with Crippen LogP contribution >= 0.6 is 0 Å². The molecule has 0 aliphatic carbocycles. The Kier molecular flexibility index (Phi) is 39.1. The van der Waals surface area contributed by atoms with Crippen LogP contribution in [0.2, 0.25) is 0 Å². The minimum atomic E-state index is -1.79. The van der Waals surface area contributed by atoms with Crippen molar-refractivity contribution < 1.29 is 64.6 Å². The second-order valence-electron chi connectivity index (χ2n) is 20.1. The molecule has 9 N–H and O–H groups in total. The first-order valence-electron chi connectivity index (χ1n) is 28.2. The summed E-state index contributed by atoms with van der Waals surface area (Å²) in [5, 5.41) is 86.6. The number of rotatable bonds is 44. The number of carbonyl (C=O) groups is 1.